The van der Waals surface area contributed by atoms with Crippen LogP contribution < -0.4 is 0 Å². The molecule has 0 bridgehead atoms. The van der Waals surface area contributed by atoms with E-state index in [1.54, 1.807) is 0 Å². The molecule has 0 heterocycles. The van der Waals surface area contributed by atoms with Gasteiger partial charge in [-0.15, -0.1) is 0 Å². The zero-order valence-electron chi connectivity index (χ0n) is 8.37. The molecule has 0 N–H and O–H groups in total. The molecule has 0 fully saturated rings. The molecule has 0 saturated heterocycles. The number of halogens is 2. The zero-order valence-corrected chi connectivity index (χ0v) is 11.5. The van der Waals surface area contributed by atoms with E-state index in [0.29, 0.717) is 0 Å². The largest absolute Gasteiger partial charge is 0.0622 e. The summed E-state index contributed by atoms with van der Waals surface area (Å²) in [4.78, 5) is 0. The first-order valence-corrected chi connectivity index (χ1v) is 6.36. The topological polar surface area (TPSA) is 0 Å². The molecular formula is C14H8Br2. The van der Waals surface area contributed by atoms with Crippen LogP contribution in [0.1, 0.15) is 11.1 Å². The summed E-state index contributed by atoms with van der Waals surface area (Å²) in [5.41, 5.74) is 2.01. The fraction of sp³-hybridized carbons (Fsp3) is 0. The first-order chi connectivity index (χ1) is 7.75. The summed E-state index contributed by atoms with van der Waals surface area (Å²) < 4.78 is 2.05. The van der Waals surface area contributed by atoms with E-state index >= 15 is 0 Å². The first-order valence-electron chi connectivity index (χ1n) is 4.78. The molecule has 0 aliphatic heterocycles. The summed E-state index contributed by atoms with van der Waals surface area (Å²) in [6.07, 6.45) is 0. The van der Waals surface area contributed by atoms with E-state index in [4.69, 9.17) is 0 Å². The lowest BCUT2D eigenvalue weighted by Gasteiger charge is -1.96. The van der Waals surface area contributed by atoms with Gasteiger partial charge in [0.2, 0.25) is 0 Å². The predicted octanol–water partition coefficient (Wildman–Crippen LogP) is 4.61. The molecule has 0 spiro atoms. The van der Waals surface area contributed by atoms with Crippen LogP contribution in [0, 0.1) is 11.8 Å². The normalized spacial score (nSPS) is 9.38. The molecule has 0 aromatic heterocycles. The van der Waals surface area contributed by atoms with Crippen LogP contribution in [-0.2, 0) is 0 Å². The Kier molecular flexibility index (Phi) is 3.82. The molecule has 2 rings (SSSR count). The lowest BCUT2D eigenvalue weighted by atomic mass is 10.2. The van der Waals surface area contributed by atoms with Gasteiger partial charge in [0.05, 0.1) is 0 Å². The van der Waals surface area contributed by atoms with Gasteiger partial charge in [-0.2, -0.15) is 0 Å². The van der Waals surface area contributed by atoms with Crippen molar-refractivity contribution in [2.45, 2.75) is 0 Å². The second kappa shape index (κ2) is 5.34. The third kappa shape index (κ3) is 2.98. The standard InChI is InChI=1S/C14H8Br2/c15-13-8-9-14(16)12(10-13)7-6-11-4-2-1-3-5-11/h1-5,8-10H. The molecule has 0 aliphatic rings. The van der Waals surface area contributed by atoms with Gasteiger partial charge in [-0.3, -0.25) is 0 Å². The van der Waals surface area contributed by atoms with E-state index in [1.165, 1.54) is 0 Å². The molecule has 2 heteroatoms. The van der Waals surface area contributed by atoms with Crippen molar-refractivity contribution in [2.24, 2.45) is 0 Å². The number of hydrogen-bond donors (Lipinski definition) is 0. The van der Waals surface area contributed by atoms with Crippen molar-refractivity contribution in [2.75, 3.05) is 0 Å². The summed E-state index contributed by atoms with van der Waals surface area (Å²) in [7, 11) is 0. The fourth-order valence-corrected chi connectivity index (χ4v) is 1.96. The van der Waals surface area contributed by atoms with E-state index < -0.39 is 0 Å². The molecule has 16 heavy (non-hydrogen) atoms. The van der Waals surface area contributed by atoms with Gasteiger partial charge in [0.25, 0.3) is 0 Å². The molecule has 0 unspecified atom stereocenters. The third-order valence-corrected chi connectivity index (χ3v) is 3.23. The van der Waals surface area contributed by atoms with E-state index in [0.717, 1.165) is 20.1 Å². The van der Waals surface area contributed by atoms with Crippen LogP contribution in [-0.4, -0.2) is 0 Å². The Morgan fingerprint density at radius 2 is 1.56 bits per heavy atom. The van der Waals surface area contributed by atoms with E-state index in [-0.39, 0.29) is 0 Å². The first kappa shape index (κ1) is 11.4. The Balaban J connectivity index is 2.34. The summed E-state index contributed by atoms with van der Waals surface area (Å²) in [6, 6.07) is 15.9. The van der Waals surface area contributed by atoms with Crippen molar-refractivity contribution in [3.8, 4) is 11.8 Å². The van der Waals surface area contributed by atoms with E-state index in [1.807, 2.05) is 48.5 Å². The summed E-state index contributed by atoms with van der Waals surface area (Å²) in [6.45, 7) is 0. The average Bonchev–Trinajstić information content (AvgIpc) is 2.32. The molecule has 0 saturated carbocycles. The Hall–Kier alpha value is -1.04. The highest BCUT2D eigenvalue weighted by Gasteiger charge is 1.96. The van der Waals surface area contributed by atoms with Crippen LogP contribution >= 0.6 is 31.9 Å². The maximum atomic E-state index is 3.48. The average molecular weight is 336 g/mol. The van der Waals surface area contributed by atoms with Gasteiger partial charge in [-0.1, -0.05) is 46.0 Å². The molecule has 0 atom stereocenters. The van der Waals surface area contributed by atoms with Gasteiger partial charge >= 0.3 is 0 Å². The van der Waals surface area contributed by atoms with Crippen molar-refractivity contribution in [1.29, 1.82) is 0 Å². The minimum Gasteiger partial charge on any atom is -0.0622 e. The van der Waals surface area contributed by atoms with Crippen LogP contribution in [0.2, 0.25) is 0 Å². The van der Waals surface area contributed by atoms with Crippen molar-refractivity contribution < 1.29 is 0 Å². The quantitative estimate of drug-likeness (QED) is 0.617. The summed E-state index contributed by atoms with van der Waals surface area (Å²) >= 11 is 6.91. The Labute approximate surface area is 112 Å². The van der Waals surface area contributed by atoms with Crippen LogP contribution in [0.5, 0.6) is 0 Å². The molecule has 2 aromatic carbocycles. The highest BCUT2D eigenvalue weighted by Crippen LogP contribution is 2.20. The molecule has 0 nitrogen and oxygen atoms in total. The Morgan fingerprint density at radius 3 is 2.31 bits per heavy atom. The minimum absolute atomic E-state index is 0.984. The van der Waals surface area contributed by atoms with Gasteiger partial charge in [0.1, 0.15) is 0 Å². The monoisotopic (exact) mass is 334 g/mol. The number of hydrogen-bond acceptors (Lipinski definition) is 0. The maximum absolute atomic E-state index is 3.48. The highest BCUT2D eigenvalue weighted by molar-refractivity contribution is 9.11. The van der Waals surface area contributed by atoms with Gasteiger partial charge < -0.3 is 0 Å². The second-order valence-electron chi connectivity index (χ2n) is 3.24. The zero-order chi connectivity index (χ0) is 11.4. The van der Waals surface area contributed by atoms with Gasteiger partial charge in [0.15, 0.2) is 0 Å². The molecule has 0 aliphatic carbocycles. The maximum Gasteiger partial charge on any atom is 0.0402 e. The van der Waals surface area contributed by atoms with E-state index in [9.17, 15) is 0 Å². The van der Waals surface area contributed by atoms with Crippen LogP contribution in [0.3, 0.4) is 0 Å². The van der Waals surface area contributed by atoms with Crippen LogP contribution in [0.4, 0.5) is 0 Å². The van der Waals surface area contributed by atoms with Crippen molar-refractivity contribution >= 4 is 31.9 Å². The number of benzene rings is 2. The molecule has 0 amide bonds. The smallest absolute Gasteiger partial charge is 0.0402 e. The summed E-state index contributed by atoms with van der Waals surface area (Å²) in [5, 5.41) is 0. The molecule has 2 aromatic rings. The van der Waals surface area contributed by atoms with Gasteiger partial charge in [-0.25, -0.2) is 0 Å². The van der Waals surface area contributed by atoms with Crippen molar-refractivity contribution in [3.05, 3.63) is 68.6 Å². The second-order valence-corrected chi connectivity index (χ2v) is 5.01. The van der Waals surface area contributed by atoms with Gasteiger partial charge in [0, 0.05) is 20.1 Å². The lowest BCUT2D eigenvalue weighted by Crippen LogP contribution is -1.78. The van der Waals surface area contributed by atoms with Crippen LogP contribution in [0.25, 0.3) is 0 Å². The highest BCUT2D eigenvalue weighted by atomic mass is 79.9. The SMILES string of the molecule is Brc1ccc(Br)c(C#Cc2ccccc2)c1. The predicted molar refractivity (Wildman–Crippen MR) is 74.3 cm³/mol. The van der Waals surface area contributed by atoms with Crippen molar-refractivity contribution in [3.63, 3.8) is 0 Å². The fourth-order valence-electron chi connectivity index (χ4n) is 1.25. The third-order valence-electron chi connectivity index (χ3n) is 2.04. The number of rotatable bonds is 0. The molecule has 78 valence electrons. The lowest BCUT2D eigenvalue weighted by molar-refractivity contribution is 1.55. The molecule has 0 radical (unpaired) electrons. The summed E-state index contributed by atoms with van der Waals surface area (Å²) in [5.74, 6) is 6.27. The van der Waals surface area contributed by atoms with Crippen LogP contribution in [0.15, 0.2) is 57.5 Å². The minimum atomic E-state index is 0.984. The Bertz CT molecular complexity index is 548. The van der Waals surface area contributed by atoms with E-state index in [2.05, 4.69) is 43.7 Å². The molecular weight excluding hydrogens is 328 g/mol. The Morgan fingerprint density at radius 1 is 0.812 bits per heavy atom. The van der Waals surface area contributed by atoms with Crippen molar-refractivity contribution in [1.82, 2.24) is 0 Å². The van der Waals surface area contributed by atoms with Gasteiger partial charge in [-0.05, 0) is 46.3 Å².